The molecule has 0 saturated carbocycles. The van der Waals surface area contributed by atoms with Gasteiger partial charge < -0.3 is 13.9 Å². The summed E-state index contributed by atoms with van der Waals surface area (Å²) in [5.74, 6) is 0. The Kier molecular flexibility index (Phi) is 7.78. The number of hydrogen-bond acceptors (Lipinski definition) is 3. The van der Waals surface area contributed by atoms with Crippen LogP contribution in [0.15, 0.2) is 217 Å². The van der Waals surface area contributed by atoms with E-state index < -0.39 is 0 Å². The SMILES string of the molecule is c1ccc(-c2cccc(N(c3ccc(-c4ccccc4)c(-c4ccc(-n5c6ccccc6c6ccccc65)cc4)c3)c3ccc4oc5ccncc5c4c3)c2)cc1. The molecule has 0 unspecified atom stereocenters. The summed E-state index contributed by atoms with van der Waals surface area (Å²) in [4.78, 5) is 6.78. The molecule has 0 aliphatic rings. The van der Waals surface area contributed by atoms with Crippen LogP contribution in [-0.4, -0.2) is 9.55 Å². The van der Waals surface area contributed by atoms with E-state index in [1.165, 1.54) is 38.5 Å². The van der Waals surface area contributed by atoms with Crippen LogP contribution in [0.3, 0.4) is 0 Å². The monoisotopic (exact) mass is 729 g/mol. The van der Waals surface area contributed by atoms with Crippen molar-refractivity contribution in [2.75, 3.05) is 4.90 Å². The summed E-state index contributed by atoms with van der Waals surface area (Å²) in [5, 5.41) is 4.54. The van der Waals surface area contributed by atoms with Crippen molar-refractivity contribution in [3.8, 4) is 39.1 Å². The van der Waals surface area contributed by atoms with Crippen LogP contribution in [0.4, 0.5) is 17.1 Å². The lowest BCUT2D eigenvalue weighted by Gasteiger charge is -2.27. The molecule has 0 amide bonds. The third kappa shape index (κ3) is 5.66. The Labute approximate surface area is 330 Å². The van der Waals surface area contributed by atoms with Crippen molar-refractivity contribution < 1.29 is 4.42 Å². The minimum Gasteiger partial charge on any atom is -0.456 e. The zero-order valence-corrected chi connectivity index (χ0v) is 31.0. The molecule has 268 valence electrons. The Morgan fingerprint density at radius 2 is 0.982 bits per heavy atom. The Hall–Kier alpha value is -7.69. The summed E-state index contributed by atoms with van der Waals surface area (Å²) in [5.41, 5.74) is 15.3. The summed E-state index contributed by atoms with van der Waals surface area (Å²) in [7, 11) is 0. The average Bonchev–Trinajstić information content (AvgIpc) is 3.83. The maximum atomic E-state index is 6.24. The van der Waals surface area contributed by atoms with Gasteiger partial charge in [0.2, 0.25) is 0 Å². The van der Waals surface area contributed by atoms with Crippen LogP contribution >= 0.6 is 0 Å². The van der Waals surface area contributed by atoms with E-state index in [0.29, 0.717) is 0 Å². The van der Waals surface area contributed by atoms with Gasteiger partial charge in [0, 0.05) is 56.7 Å². The number of rotatable bonds is 7. The van der Waals surface area contributed by atoms with Gasteiger partial charge in [0.05, 0.1) is 11.0 Å². The molecular weight excluding hydrogens is 695 g/mol. The normalized spacial score (nSPS) is 11.5. The van der Waals surface area contributed by atoms with Gasteiger partial charge in [0.1, 0.15) is 11.2 Å². The molecule has 0 atom stereocenters. The minimum absolute atomic E-state index is 0.827. The highest BCUT2D eigenvalue weighted by atomic mass is 16.3. The summed E-state index contributed by atoms with van der Waals surface area (Å²) in [6.45, 7) is 0. The predicted molar refractivity (Wildman–Crippen MR) is 237 cm³/mol. The lowest BCUT2D eigenvalue weighted by molar-refractivity contribution is 0.668. The number of aromatic nitrogens is 2. The molecule has 0 fully saturated rings. The molecule has 0 bridgehead atoms. The molecule has 0 aliphatic carbocycles. The molecule has 0 aliphatic heterocycles. The minimum atomic E-state index is 0.827. The summed E-state index contributed by atoms with van der Waals surface area (Å²) in [6.07, 6.45) is 3.67. The fraction of sp³-hybridized carbons (Fsp3) is 0. The van der Waals surface area contributed by atoms with Crippen molar-refractivity contribution in [2.24, 2.45) is 0 Å². The van der Waals surface area contributed by atoms with Gasteiger partial charge in [-0.3, -0.25) is 4.98 Å². The predicted octanol–water partition coefficient (Wildman–Crippen LogP) is 14.5. The first-order valence-electron chi connectivity index (χ1n) is 19.3. The van der Waals surface area contributed by atoms with Gasteiger partial charge in [-0.05, 0) is 106 Å². The molecule has 4 heteroatoms. The number of furan rings is 1. The number of pyridine rings is 1. The van der Waals surface area contributed by atoms with Crippen LogP contribution in [0.25, 0.3) is 82.8 Å². The largest absolute Gasteiger partial charge is 0.456 e. The molecule has 8 aromatic carbocycles. The molecule has 0 N–H and O–H groups in total. The van der Waals surface area contributed by atoms with Gasteiger partial charge in [0.25, 0.3) is 0 Å². The van der Waals surface area contributed by atoms with Gasteiger partial charge in [-0.25, -0.2) is 0 Å². The fourth-order valence-electron chi connectivity index (χ4n) is 8.42. The van der Waals surface area contributed by atoms with Gasteiger partial charge in [-0.15, -0.1) is 0 Å². The van der Waals surface area contributed by atoms with Crippen molar-refractivity contribution in [1.29, 1.82) is 0 Å². The van der Waals surface area contributed by atoms with Crippen LogP contribution in [0, 0.1) is 0 Å². The van der Waals surface area contributed by atoms with E-state index in [-0.39, 0.29) is 0 Å². The maximum Gasteiger partial charge on any atom is 0.138 e. The zero-order valence-electron chi connectivity index (χ0n) is 31.0. The smallest absolute Gasteiger partial charge is 0.138 e. The van der Waals surface area contributed by atoms with Crippen LogP contribution in [0.1, 0.15) is 0 Å². The summed E-state index contributed by atoms with van der Waals surface area (Å²) >= 11 is 0. The quantitative estimate of drug-likeness (QED) is 0.164. The number of nitrogens with zero attached hydrogens (tertiary/aromatic N) is 3. The fourth-order valence-corrected chi connectivity index (χ4v) is 8.42. The van der Waals surface area contributed by atoms with Gasteiger partial charge in [-0.2, -0.15) is 0 Å². The maximum absolute atomic E-state index is 6.24. The molecule has 3 heterocycles. The van der Waals surface area contributed by atoms with Crippen molar-refractivity contribution in [3.63, 3.8) is 0 Å². The average molecular weight is 730 g/mol. The Morgan fingerprint density at radius 3 is 1.74 bits per heavy atom. The van der Waals surface area contributed by atoms with Gasteiger partial charge >= 0.3 is 0 Å². The van der Waals surface area contributed by atoms with E-state index in [1.54, 1.807) is 6.20 Å². The van der Waals surface area contributed by atoms with E-state index >= 15 is 0 Å². The third-order valence-electron chi connectivity index (χ3n) is 11.1. The highest BCUT2D eigenvalue weighted by Crippen LogP contribution is 2.43. The molecule has 11 rings (SSSR count). The van der Waals surface area contributed by atoms with Crippen LogP contribution in [0.5, 0.6) is 0 Å². The van der Waals surface area contributed by atoms with Crippen LogP contribution < -0.4 is 4.90 Å². The highest BCUT2D eigenvalue weighted by molar-refractivity contribution is 6.09. The molecule has 11 aromatic rings. The molecule has 0 spiro atoms. The molecule has 4 nitrogen and oxygen atoms in total. The number of anilines is 3. The Morgan fingerprint density at radius 1 is 0.386 bits per heavy atom. The van der Waals surface area contributed by atoms with Crippen LogP contribution in [-0.2, 0) is 0 Å². The van der Waals surface area contributed by atoms with Crippen molar-refractivity contribution in [2.45, 2.75) is 0 Å². The van der Waals surface area contributed by atoms with Gasteiger partial charge in [0.15, 0.2) is 0 Å². The van der Waals surface area contributed by atoms with Crippen LogP contribution in [0.2, 0.25) is 0 Å². The first kappa shape index (κ1) is 32.7. The van der Waals surface area contributed by atoms with Crippen molar-refractivity contribution in [1.82, 2.24) is 9.55 Å². The molecule has 57 heavy (non-hydrogen) atoms. The van der Waals surface area contributed by atoms with Crippen molar-refractivity contribution >= 4 is 60.8 Å². The van der Waals surface area contributed by atoms with E-state index in [2.05, 4.69) is 209 Å². The molecule has 0 saturated heterocycles. The molecule has 0 radical (unpaired) electrons. The summed E-state index contributed by atoms with van der Waals surface area (Å²) < 4.78 is 8.61. The Bertz CT molecular complexity index is 3180. The first-order valence-corrected chi connectivity index (χ1v) is 19.3. The number of fused-ring (bicyclic) bond motifs is 6. The topological polar surface area (TPSA) is 34.2 Å². The first-order chi connectivity index (χ1) is 28.3. The zero-order chi connectivity index (χ0) is 37.7. The third-order valence-corrected chi connectivity index (χ3v) is 11.1. The summed E-state index contributed by atoms with van der Waals surface area (Å²) in [6, 6.07) is 71.6. The highest BCUT2D eigenvalue weighted by Gasteiger charge is 2.19. The van der Waals surface area contributed by atoms with E-state index in [9.17, 15) is 0 Å². The molecule has 3 aromatic heterocycles. The number of benzene rings is 8. The standard InChI is InChI=1S/C53H35N3O/c1-3-12-36(13-4-1)39-16-11-17-41(32-39)55(43-27-29-52-48(34-43)49-35-54-31-30-53(49)57-52)42-26-28-44(37-14-5-2-6-15-37)47(33-42)38-22-24-40(25-23-38)56-50-20-9-7-18-45(50)46-19-8-10-21-51(46)56/h1-35H. The van der Waals surface area contributed by atoms with E-state index in [1.807, 2.05) is 12.3 Å². The lowest BCUT2D eigenvalue weighted by Crippen LogP contribution is -2.10. The lowest BCUT2D eigenvalue weighted by atomic mass is 9.93. The van der Waals surface area contributed by atoms with Gasteiger partial charge in [-0.1, -0.05) is 127 Å². The second-order valence-corrected chi connectivity index (χ2v) is 14.4. The van der Waals surface area contributed by atoms with E-state index in [0.717, 1.165) is 61.4 Å². The van der Waals surface area contributed by atoms with Crippen molar-refractivity contribution in [3.05, 3.63) is 213 Å². The second kappa shape index (κ2) is 13.6. The molecular formula is C53H35N3O. The Balaban J connectivity index is 1.10. The number of para-hydroxylation sites is 2. The second-order valence-electron chi connectivity index (χ2n) is 14.4. The van der Waals surface area contributed by atoms with E-state index in [4.69, 9.17) is 4.42 Å². The number of hydrogen-bond donors (Lipinski definition) is 0.